The maximum atomic E-state index is 11.2. The molecular formula is C9H15NO3. The first-order valence-corrected chi connectivity index (χ1v) is 4.44. The number of hydrogen-bond donors (Lipinski definition) is 1. The lowest BCUT2D eigenvalue weighted by Crippen LogP contribution is -2.42. The van der Waals surface area contributed by atoms with Crippen LogP contribution < -0.4 is 5.32 Å². The van der Waals surface area contributed by atoms with Crippen LogP contribution in [-0.2, 0) is 14.3 Å². The average Bonchev–Trinajstić information content (AvgIpc) is 2.17. The lowest BCUT2D eigenvalue weighted by Gasteiger charge is -2.26. The van der Waals surface area contributed by atoms with Gasteiger partial charge in [0.2, 0.25) is 0 Å². The van der Waals surface area contributed by atoms with Crippen molar-refractivity contribution in [3.8, 4) is 0 Å². The normalized spacial score (nSPS) is 28.2. The summed E-state index contributed by atoms with van der Waals surface area (Å²) in [6.07, 6.45) is 0.620. The van der Waals surface area contributed by atoms with Gasteiger partial charge in [-0.3, -0.25) is 9.59 Å². The summed E-state index contributed by atoms with van der Waals surface area (Å²) in [7, 11) is 1.37. The number of ketones is 1. The SMILES string of the molecule is COC(=O)C1CNCC(C(C)=O)C1. The first-order chi connectivity index (χ1) is 6.15. The third-order valence-corrected chi connectivity index (χ3v) is 2.46. The van der Waals surface area contributed by atoms with Crippen LogP contribution in [0.1, 0.15) is 13.3 Å². The van der Waals surface area contributed by atoms with Crippen LogP contribution in [0.2, 0.25) is 0 Å². The second kappa shape index (κ2) is 4.37. The Morgan fingerprint density at radius 3 is 2.46 bits per heavy atom. The molecule has 0 aromatic carbocycles. The molecule has 1 fully saturated rings. The molecule has 0 bridgehead atoms. The Bertz CT molecular complexity index is 215. The average molecular weight is 185 g/mol. The summed E-state index contributed by atoms with van der Waals surface area (Å²) in [5, 5.41) is 3.06. The molecule has 0 amide bonds. The van der Waals surface area contributed by atoms with Gasteiger partial charge in [0.05, 0.1) is 13.0 Å². The number of rotatable bonds is 2. The van der Waals surface area contributed by atoms with E-state index < -0.39 is 0 Å². The van der Waals surface area contributed by atoms with Gasteiger partial charge in [-0.2, -0.15) is 0 Å². The highest BCUT2D eigenvalue weighted by atomic mass is 16.5. The predicted octanol–water partition coefficient (Wildman–Crippen LogP) is -0.0259. The molecule has 1 rings (SSSR count). The van der Waals surface area contributed by atoms with Crippen molar-refractivity contribution in [2.45, 2.75) is 13.3 Å². The molecule has 0 aromatic heterocycles. The molecule has 1 aliphatic rings. The van der Waals surface area contributed by atoms with Gasteiger partial charge in [-0.05, 0) is 13.3 Å². The summed E-state index contributed by atoms with van der Waals surface area (Å²) in [6.45, 7) is 2.87. The summed E-state index contributed by atoms with van der Waals surface area (Å²) < 4.78 is 4.63. The van der Waals surface area contributed by atoms with E-state index in [1.54, 1.807) is 6.92 Å². The zero-order chi connectivity index (χ0) is 9.84. The fraction of sp³-hybridized carbons (Fsp3) is 0.778. The minimum atomic E-state index is -0.224. The monoisotopic (exact) mass is 185 g/mol. The zero-order valence-corrected chi connectivity index (χ0v) is 8.00. The predicted molar refractivity (Wildman–Crippen MR) is 47.2 cm³/mol. The minimum Gasteiger partial charge on any atom is -0.469 e. The van der Waals surface area contributed by atoms with Crippen LogP contribution in [0, 0.1) is 11.8 Å². The van der Waals surface area contributed by atoms with E-state index in [1.807, 2.05) is 0 Å². The zero-order valence-electron chi connectivity index (χ0n) is 8.00. The van der Waals surface area contributed by atoms with Gasteiger partial charge in [-0.25, -0.2) is 0 Å². The molecule has 2 unspecified atom stereocenters. The van der Waals surface area contributed by atoms with E-state index in [-0.39, 0.29) is 23.6 Å². The number of hydrogen-bond acceptors (Lipinski definition) is 4. The first kappa shape index (κ1) is 10.2. The van der Waals surface area contributed by atoms with Crippen LogP contribution in [-0.4, -0.2) is 32.0 Å². The summed E-state index contributed by atoms with van der Waals surface area (Å²) >= 11 is 0. The fourth-order valence-electron chi connectivity index (χ4n) is 1.60. The molecule has 4 heteroatoms. The van der Waals surface area contributed by atoms with E-state index in [0.717, 1.165) is 0 Å². The Kier molecular flexibility index (Phi) is 3.42. The third kappa shape index (κ3) is 2.52. The third-order valence-electron chi connectivity index (χ3n) is 2.46. The smallest absolute Gasteiger partial charge is 0.309 e. The van der Waals surface area contributed by atoms with Gasteiger partial charge >= 0.3 is 5.97 Å². The first-order valence-electron chi connectivity index (χ1n) is 4.44. The highest BCUT2D eigenvalue weighted by molar-refractivity contribution is 5.80. The molecule has 0 saturated carbocycles. The molecule has 0 aromatic rings. The maximum Gasteiger partial charge on any atom is 0.309 e. The van der Waals surface area contributed by atoms with Gasteiger partial charge < -0.3 is 10.1 Å². The molecule has 0 aliphatic carbocycles. The van der Waals surface area contributed by atoms with Crippen LogP contribution in [0.5, 0.6) is 0 Å². The quantitative estimate of drug-likeness (QED) is 0.614. The molecule has 4 nitrogen and oxygen atoms in total. The highest BCUT2D eigenvalue weighted by Gasteiger charge is 2.29. The maximum absolute atomic E-state index is 11.2. The molecule has 2 atom stereocenters. The van der Waals surface area contributed by atoms with Gasteiger partial charge in [0, 0.05) is 19.0 Å². The van der Waals surface area contributed by atoms with Crippen molar-refractivity contribution in [2.75, 3.05) is 20.2 Å². The lowest BCUT2D eigenvalue weighted by atomic mass is 9.88. The summed E-state index contributed by atoms with van der Waals surface area (Å²) in [4.78, 5) is 22.2. The molecule has 1 saturated heterocycles. The molecular weight excluding hydrogens is 170 g/mol. The number of carbonyl (C=O) groups excluding carboxylic acids is 2. The molecule has 1 heterocycles. The Hall–Kier alpha value is -0.900. The van der Waals surface area contributed by atoms with Crippen LogP contribution >= 0.6 is 0 Å². The highest BCUT2D eigenvalue weighted by Crippen LogP contribution is 2.18. The van der Waals surface area contributed by atoms with Crippen LogP contribution in [0.3, 0.4) is 0 Å². The van der Waals surface area contributed by atoms with E-state index in [1.165, 1.54) is 7.11 Å². The molecule has 0 radical (unpaired) electrons. The summed E-state index contributed by atoms with van der Waals surface area (Å²) in [5.74, 6) is -0.273. The topological polar surface area (TPSA) is 55.4 Å². The number of piperidine rings is 1. The second-order valence-electron chi connectivity index (χ2n) is 3.42. The van der Waals surface area contributed by atoms with Crippen molar-refractivity contribution in [2.24, 2.45) is 11.8 Å². The van der Waals surface area contributed by atoms with Gasteiger partial charge in [0.1, 0.15) is 5.78 Å². The van der Waals surface area contributed by atoms with Gasteiger partial charge in [0.25, 0.3) is 0 Å². The standard InChI is InChI=1S/C9H15NO3/c1-6(11)7-3-8(5-10-4-7)9(12)13-2/h7-8,10H,3-5H2,1-2H3. The van der Waals surface area contributed by atoms with Crippen molar-refractivity contribution >= 4 is 11.8 Å². The van der Waals surface area contributed by atoms with E-state index in [2.05, 4.69) is 10.1 Å². The van der Waals surface area contributed by atoms with E-state index in [4.69, 9.17) is 0 Å². The minimum absolute atomic E-state index is 0.0298. The number of methoxy groups -OCH3 is 1. The van der Waals surface area contributed by atoms with Crippen LogP contribution in [0.4, 0.5) is 0 Å². The van der Waals surface area contributed by atoms with Gasteiger partial charge in [-0.15, -0.1) is 0 Å². The van der Waals surface area contributed by atoms with E-state index >= 15 is 0 Å². The molecule has 1 N–H and O–H groups in total. The van der Waals surface area contributed by atoms with Gasteiger partial charge in [-0.1, -0.05) is 0 Å². The van der Waals surface area contributed by atoms with E-state index in [9.17, 15) is 9.59 Å². The number of nitrogens with one attached hydrogen (secondary N) is 1. The Labute approximate surface area is 77.6 Å². The fourth-order valence-corrected chi connectivity index (χ4v) is 1.60. The van der Waals surface area contributed by atoms with Crippen LogP contribution in [0.25, 0.3) is 0 Å². The molecule has 13 heavy (non-hydrogen) atoms. The number of Topliss-reactive ketones (excluding diaryl/α,β-unsaturated/α-hetero) is 1. The van der Waals surface area contributed by atoms with Gasteiger partial charge in [0.15, 0.2) is 0 Å². The van der Waals surface area contributed by atoms with Crippen molar-refractivity contribution in [1.82, 2.24) is 5.32 Å². The van der Waals surface area contributed by atoms with Crippen molar-refractivity contribution in [3.63, 3.8) is 0 Å². The number of ether oxygens (including phenoxy) is 1. The number of carbonyl (C=O) groups is 2. The Morgan fingerprint density at radius 2 is 1.92 bits per heavy atom. The van der Waals surface area contributed by atoms with Crippen molar-refractivity contribution in [3.05, 3.63) is 0 Å². The summed E-state index contributed by atoms with van der Waals surface area (Å²) in [5.41, 5.74) is 0. The van der Waals surface area contributed by atoms with Crippen LogP contribution in [0.15, 0.2) is 0 Å². The Morgan fingerprint density at radius 1 is 1.31 bits per heavy atom. The largest absolute Gasteiger partial charge is 0.469 e. The Balaban J connectivity index is 2.51. The molecule has 1 aliphatic heterocycles. The van der Waals surface area contributed by atoms with E-state index in [0.29, 0.717) is 19.5 Å². The van der Waals surface area contributed by atoms with Crippen molar-refractivity contribution in [1.29, 1.82) is 0 Å². The van der Waals surface area contributed by atoms with Crippen molar-refractivity contribution < 1.29 is 14.3 Å². The lowest BCUT2D eigenvalue weighted by molar-refractivity contribution is -0.146. The molecule has 0 spiro atoms. The number of esters is 1. The summed E-state index contributed by atoms with van der Waals surface area (Å²) in [6, 6.07) is 0. The second-order valence-corrected chi connectivity index (χ2v) is 3.42. The molecule has 74 valence electrons.